The van der Waals surface area contributed by atoms with E-state index in [0.29, 0.717) is 38.5 Å². The third-order valence-corrected chi connectivity index (χ3v) is 12.5. The Labute approximate surface area is 303 Å². The summed E-state index contributed by atoms with van der Waals surface area (Å²) in [5.74, 6) is 0.327. The zero-order valence-electron chi connectivity index (χ0n) is 29.4. The molecule has 2 aliphatic carbocycles. The molecule has 0 bridgehead atoms. The first kappa shape index (κ1) is 38.3. The van der Waals surface area contributed by atoms with Crippen molar-refractivity contribution < 1.29 is 32.5 Å². The van der Waals surface area contributed by atoms with Gasteiger partial charge in [-0.25, -0.2) is 13.1 Å². The van der Waals surface area contributed by atoms with Crippen LogP contribution in [0.15, 0.2) is 61.2 Å². The molecule has 2 aromatic carbocycles. The van der Waals surface area contributed by atoms with Gasteiger partial charge in [0.2, 0.25) is 10.0 Å². The number of rotatable bonds is 17. The standard InChI is InChI=1S/C39H53ClN2O7S/c1-4-6-8-12-36(43)33-16-13-30(33)24-42-26-39(19-9-10-28-22-31(40)15-17-34(28)39)27-49-37-18-14-29(23-35(37)42)38(44)41-50(45,46)32(11-7-5-2)25-48-21-20-47-3/h5,8,12,14-15,17-18,22-23,30,32-33,36,43H,2,4,6-7,9-11,13,16,19-21,24-27H2,1,3H3,(H,41,44)/b12-8+/t30-,32+,33+,36-,39-/m0/s1. The van der Waals surface area contributed by atoms with Gasteiger partial charge in [-0.05, 0) is 105 Å². The van der Waals surface area contributed by atoms with Crippen LogP contribution in [-0.2, 0) is 31.3 Å². The highest BCUT2D eigenvalue weighted by molar-refractivity contribution is 7.90. The van der Waals surface area contributed by atoms with Crippen molar-refractivity contribution in [2.24, 2.45) is 11.8 Å². The summed E-state index contributed by atoms with van der Waals surface area (Å²) in [6.07, 6.45) is 12.7. The van der Waals surface area contributed by atoms with Crippen LogP contribution < -0.4 is 14.4 Å². The molecule has 11 heteroatoms. The number of halogens is 1. The smallest absolute Gasteiger partial charge is 0.264 e. The summed E-state index contributed by atoms with van der Waals surface area (Å²) < 4.78 is 46.4. The minimum absolute atomic E-state index is 0.0670. The maximum Gasteiger partial charge on any atom is 0.264 e. The number of ether oxygens (including phenoxy) is 3. The fourth-order valence-corrected chi connectivity index (χ4v) is 9.07. The zero-order chi connectivity index (χ0) is 35.7. The van der Waals surface area contributed by atoms with Crippen molar-refractivity contribution in [3.05, 3.63) is 82.9 Å². The lowest BCUT2D eigenvalue weighted by molar-refractivity contribution is 0.0456. The van der Waals surface area contributed by atoms with E-state index < -0.39 is 27.3 Å². The summed E-state index contributed by atoms with van der Waals surface area (Å²) in [5, 5.41) is 10.9. The van der Waals surface area contributed by atoms with Crippen LogP contribution in [0.2, 0.25) is 5.02 Å². The largest absolute Gasteiger partial charge is 0.490 e. The lowest BCUT2D eigenvalue weighted by atomic mass is 9.68. The number of carbonyl (C=O) groups is 1. The van der Waals surface area contributed by atoms with E-state index in [2.05, 4.69) is 41.3 Å². The van der Waals surface area contributed by atoms with Gasteiger partial charge in [0, 0.05) is 36.2 Å². The number of unbranched alkanes of at least 4 members (excludes halogenated alkanes) is 1. The predicted octanol–water partition coefficient (Wildman–Crippen LogP) is 6.61. The molecule has 3 aliphatic rings. The number of allylic oxidation sites excluding steroid dienone is 2. The van der Waals surface area contributed by atoms with Crippen molar-refractivity contribution in [2.45, 2.75) is 81.5 Å². The molecule has 1 amide bonds. The topological polar surface area (TPSA) is 114 Å². The normalized spacial score (nSPS) is 22.9. The molecule has 0 saturated heterocycles. The number of methoxy groups -OCH3 is 1. The minimum Gasteiger partial charge on any atom is -0.490 e. The molecular formula is C39H53ClN2O7S. The number of hydrogen-bond donors (Lipinski definition) is 2. The fraction of sp³-hybridized carbons (Fsp3) is 0.564. The predicted molar refractivity (Wildman–Crippen MR) is 199 cm³/mol. The monoisotopic (exact) mass is 728 g/mol. The number of benzene rings is 2. The number of hydrogen-bond acceptors (Lipinski definition) is 8. The van der Waals surface area contributed by atoms with Crippen molar-refractivity contribution in [2.75, 3.05) is 51.5 Å². The average Bonchev–Trinajstić information content (AvgIpc) is 3.22. The van der Waals surface area contributed by atoms with E-state index in [1.54, 1.807) is 31.4 Å². The van der Waals surface area contributed by atoms with E-state index in [9.17, 15) is 18.3 Å². The van der Waals surface area contributed by atoms with Crippen LogP contribution in [0.5, 0.6) is 5.75 Å². The lowest BCUT2D eigenvalue weighted by Crippen LogP contribution is -2.49. The molecule has 1 fully saturated rings. The summed E-state index contributed by atoms with van der Waals surface area (Å²) in [6, 6.07) is 11.3. The molecule has 274 valence electrons. The number of nitrogens with zero attached hydrogens (tertiary/aromatic N) is 1. The van der Waals surface area contributed by atoms with Crippen molar-refractivity contribution >= 4 is 33.2 Å². The Morgan fingerprint density at radius 2 is 2.06 bits per heavy atom. The van der Waals surface area contributed by atoms with Gasteiger partial charge >= 0.3 is 0 Å². The number of aliphatic hydroxyl groups excluding tert-OH is 1. The summed E-state index contributed by atoms with van der Waals surface area (Å²) in [6.45, 7) is 8.16. The number of fused-ring (bicyclic) bond motifs is 3. The van der Waals surface area contributed by atoms with Gasteiger partial charge in [0.05, 0.1) is 38.2 Å². The van der Waals surface area contributed by atoms with Crippen molar-refractivity contribution in [1.29, 1.82) is 0 Å². The molecule has 1 spiro atoms. The number of nitrogens with one attached hydrogen (secondary N) is 1. The molecule has 9 nitrogen and oxygen atoms in total. The summed E-state index contributed by atoms with van der Waals surface area (Å²) in [7, 11) is -2.53. The first-order valence-electron chi connectivity index (χ1n) is 18.0. The molecule has 5 rings (SSSR count). The maximum atomic E-state index is 13.7. The SMILES string of the molecule is C=CCC[C@H](COCCOC)S(=O)(=O)NC(=O)c1ccc2c(c1)N(C[C@@H]1CC[C@H]1[C@@H](O)/C=C/CCC)C[C@@]1(CCCc3cc(Cl)ccc31)CO2. The molecular weight excluding hydrogens is 676 g/mol. The van der Waals surface area contributed by atoms with Crippen LogP contribution in [0.1, 0.15) is 79.8 Å². The molecule has 1 aliphatic heterocycles. The van der Waals surface area contributed by atoms with Crippen LogP contribution in [0, 0.1) is 11.8 Å². The van der Waals surface area contributed by atoms with Crippen molar-refractivity contribution in [3.8, 4) is 5.75 Å². The quantitative estimate of drug-likeness (QED) is 0.138. The zero-order valence-corrected chi connectivity index (χ0v) is 31.0. The van der Waals surface area contributed by atoms with Crippen LogP contribution >= 0.6 is 11.6 Å². The Bertz CT molecular complexity index is 1620. The second kappa shape index (κ2) is 17.6. The van der Waals surface area contributed by atoms with Crippen LogP contribution in [-0.4, -0.2) is 77.4 Å². The fourth-order valence-electron chi connectivity index (χ4n) is 7.61. The third-order valence-electron chi connectivity index (χ3n) is 10.6. The minimum atomic E-state index is -4.07. The van der Waals surface area contributed by atoms with Crippen LogP contribution in [0.3, 0.4) is 0 Å². The Morgan fingerprint density at radius 1 is 1.22 bits per heavy atom. The second-order valence-electron chi connectivity index (χ2n) is 14.0. The summed E-state index contributed by atoms with van der Waals surface area (Å²) in [5.41, 5.74) is 3.15. The first-order chi connectivity index (χ1) is 24.1. The van der Waals surface area contributed by atoms with Gasteiger partial charge in [-0.15, -0.1) is 6.58 Å². The van der Waals surface area contributed by atoms with Crippen molar-refractivity contribution in [1.82, 2.24) is 4.72 Å². The molecule has 0 aromatic heterocycles. The first-order valence-corrected chi connectivity index (χ1v) is 19.9. The van der Waals surface area contributed by atoms with Crippen LogP contribution in [0.4, 0.5) is 5.69 Å². The Morgan fingerprint density at radius 3 is 2.80 bits per heavy atom. The Hall–Kier alpha value is -2.89. The highest BCUT2D eigenvalue weighted by Crippen LogP contribution is 2.46. The molecule has 1 saturated carbocycles. The van der Waals surface area contributed by atoms with E-state index >= 15 is 0 Å². The number of sulfonamides is 1. The van der Waals surface area contributed by atoms with Gasteiger partial charge in [0.1, 0.15) is 11.0 Å². The second-order valence-corrected chi connectivity index (χ2v) is 16.4. The summed E-state index contributed by atoms with van der Waals surface area (Å²) in [4.78, 5) is 16.0. The molecule has 0 unspecified atom stereocenters. The van der Waals surface area contributed by atoms with Crippen LogP contribution in [0.25, 0.3) is 0 Å². The Kier molecular flexibility index (Phi) is 13.5. The van der Waals surface area contributed by atoms with Gasteiger partial charge in [-0.1, -0.05) is 49.2 Å². The highest BCUT2D eigenvalue weighted by Gasteiger charge is 2.44. The van der Waals surface area contributed by atoms with Gasteiger partial charge in [-0.3, -0.25) is 4.79 Å². The number of aliphatic hydroxyl groups is 1. The highest BCUT2D eigenvalue weighted by atomic mass is 35.5. The number of anilines is 1. The van der Waals surface area contributed by atoms with E-state index in [-0.39, 0.29) is 42.4 Å². The van der Waals surface area contributed by atoms with Gasteiger partial charge in [0.25, 0.3) is 5.91 Å². The molecule has 2 aromatic rings. The number of carbonyl (C=O) groups excluding carboxylic acids is 1. The average molecular weight is 729 g/mol. The molecule has 50 heavy (non-hydrogen) atoms. The number of amides is 1. The van der Waals surface area contributed by atoms with E-state index in [1.165, 1.54) is 11.1 Å². The Balaban J connectivity index is 1.43. The van der Waals surface area contributed by atoms with E-state index in [0.717, 1.165) is 55.7 Å². The summed E-state index contributed by atoms with van der Waals surface area (Å²) >= 11 is 6.43. The van der Waals surface area contributed by atoms with Gasteiger partial charge in [-0.2, -0.15) is 0 Å². The van der Waals surface area contributed by atoms with E-state index in [4.69, 9.17) is 25.8 Å². The molecule has 5 atom stereocenters. The number of aryl methyl sites for hydroxylation is 1. The van der Waals surface area contributed by atoms with E-state index in [1.807, 2.05) is 12.1 Å². The van der Waals surface area contributed by atoms with Crippen molar-refractivity contribution in [3.63, 3.8) is 0 Å². The maximum absolute atomic E-state index is 13.7. The molecule has 2 N–H and O–H groups in total. The lowest BCUT2D eigenvalue weighted by Gasteiger charge is -2.45. The van der Waals surface area contributed by atoms with Gasteiger partial charge in [0.15, 0.2) is 0 Å². The van der Waals surface area contributed by atoms with Gasteiger partial charge < -0.3 is 24.2 Å². The molecule has 1 heterocycles. The third kappa shape index (κ3) is 9.12. The molecule has 0 radical (unpaired) electrons.